The highest BCUT2D eigenvalue weighted by Gasteiger charge is 2.48. The van der Waals surface area contributed by atoms with Gasteiger partial charge in [-0.3, -0.25) is 4.79 Å². The van der Waals surface area contributed by atoms with Crippen LogP contribution in [0.3, 0.4) is 0 Å². The SMILES string of the molecule is C=CCN1C(=O)[C@@H](C)[C@H]1C(=O)OCC. The number of β-lactam (4-membered cyclic amide) rings is 1. The molecule has 1 amide bonds. The Morgan fingerprint density at radius 2 is 2.36 bits per heavy atom. The maximum Gasteiger partial charge on any atom is 0.329 e. The third-order valence-corrected chi connectivity index (χ3v) is 2.34. The van der Waals surface area contributed by atoms with Crippen LogP contribution < -0.4 is 0 Å². The zero-order valence-corrected chi connectivity index (χ0v) is 8.53. The molecular weight excluding hydrogens is 182 g/mol. The van der Waals surface area contributed by atoms with E-state index in [0.29, 0.717) is 13.2 Å². The lowest BCUT2D eigenvalue weighted by atomic mass is 9.89. The Hall–Kier alpha value is -1.32. The normalized spacial score (nSPS) is 25.6. The fourth-order valence-corrected chi connectivity index (χ4v) is 1.62. The summed E-state index contributed by atoms with van der Waals surface area (Å²) in [6.45, 7) is 7.78. The summed E-state index contributed by atoms with van der Waals surface area (Å²) >= 11 is 0. The van der Waals surface area contributed by atoms with Gasteiger partial charge in [-0.05, 0) is 6.92 Å². The van der Waals surface area contributed by atoms with Gasteiger partial charge in [0.2, 0.25) is 5.91 Å². The van der Waals surface area contributed by atoms with Gasteiger partial charge in [0.25, 0.3) is 0 Å². The van der Waals surface area contributed by atoms with E-state index in [1.54, 1.807) is 19.9 Å². The van der Waals surface area contributed by atoms with Crippen molar-refractivity contribution in [3.63, 3.8) is 0 Å². The fraction of sp³-hybridized carbons (Fsp3) is 0.600. The van der Waals surface area contributed by atoms with Gasteiger partial charge < -0.3 is 9.64 Å². The lowest BCUT2D eigenvalue weighted by Crippen LogP contribution is -2.63. The van der Waals surface area contributed by atoms with Crippen molar-refractivity contribution in [3.8, 4) is 0 Å². The van der Waals surface area contributed by atoms with Gasteiger partial charge in [-0.15, -0.1) is 6.58 Å². The van der Waals surface area contributed by atoms with Gasteiger partial charge in [0, 0.05) is 6.54 Å². The number of carbonyl (C=O) groups is 2. The number of likely N-dealkylation sites (tertiary alicyclic amines) is 1. The van der Waals surface area contributed by atoms with E-state index in [-0.39, 0.29) is 17.8 Å². The van der Waals surface area contributed by atoms with Crippen molar-refractivity contribution in [3.05, 3.63) is 12.7 Å². The first kappa shape index (κ1) is 10.8. The van der Waals surface area contributed by atoms with Crippen molar-refractivity contribution in [2.75, 3.05) is 13.2 Å². The summed E-state index contributed by atoms with van der Waals surface area (Å²) in [5.41, 5.74) is 0. The molecule has 14 heavy (non-hydrogen) atoms. The maximum absolute atomic E-state index is 11.4. The van der Waals surface area contributed by atoms with Gasteiger partial charge in [0.1, 0.15) is 6.04 Å². The molecule has 4 nitrogen and oxygen atoms in total. The average molecular weight is 197 g/mol. The van der Waals surface area contributed by atoms with E-state index in [4.69, 9.17) is 4.74 Å². The van der Waals surface area contributed by atoms with Crippen molar-refractivity contribution in [2.45, 2.75) is 19.9 Å². The number of rotatable bonds is 4. The van der Waals surface area contributed by atoms with E-state index in [1.807, 2.05) is 0 Å². The first-order valence-electron chi connectivity index (χ1n) is 4.71. The summed E-state index contributed by atoms with van der Waals surface area (Å²) in [6, 6.07) is -0.416. The maximum atomic E-state index is 11.4. The van der Waals surface area contributed by atoms with Crippen LogP contribution in [0.4, 0.5) is 0 Å². The Morgan fingerprint density at radius 3 is 2.86 bits per heavy atom. The number of hydrogen-bond acceptors (Lipinski definition) is 3. The van der Waals surface area contributed by atoms with Gasteiger partial charge in [-0.25, -0.2) is 4.79 Å². The minimum atomic E-state index is -0.416. The molecular formula is C10H15NO3. The first-order valence-corrected chi connectivity index (χ1v) is 4.71. The van der Waals surface area contributed by atoms with Crippen molar-refractivity contribution < 1.29 is 14.3 Å². The van der Waals surface area contributed by atoms with E-state index >= 15 is 0 Å². The molecule has 0 N–H and O–H groups in total. The predicted octanol–water partition coefficient (Wildman–Crippen LogP) is 0.582. The van der Waals surface area contributed by atoms with Crippen molar-refractivity contribution >= 4 is 11.9 Å². The zero-order valence-electron chi connectivity index (χ0n) is 8.53. The summed E-state index contributed by atoms with van der Waals surface area (Å²) < 4.78 is 4.87. The second-order valence-corrected chi connectivity index (χ2v) is 3.26. The number of amides is 1. The molecule has 0 aromatic carbocycles. The molecule has 0 saturated carbocycles. The van der Waals surface area contributed by atoms with Crippen LogP contribution in [-0.2, 0) is 14.3 Å². The van der Waals surface area contributed by atoms with Gasteiger partial charge in [-0.1, -0.05) is 13.0 Å². The van der Waals surface area contributed by atoms with Crippen LogP contribution in [0, 0.1) is 5.92 Å². The number of carbonyl (C=O) groups excluding carboxylic acids is 2. The second-order valence-electron chi connectivity index (χ2n) is 3.26. The summed E-state index contributed by atoms with van der Waals surface area (Å²) in [6.07, 6.45) is 1.61. The Labute approximate surface area is 83.5 Å². The second kappa shape index (κ2) is 4.26. The van der Waals surface area contributed by atoms with Crippen molar-refractivity contribution in [1.82, 2.24) is 4.90 Å². The van der Waals surface area contributed by atoms with Crippen molar-refractivity contribution in [2.24, 2.45) is 5.92 Å². The molecule has 0 aliphatic carbocycles. The molecule has 0 radical (unpaired) electrons. The highest BCUT2D eigenvalue weighted by molar-refractivity contribution is 5.97. The molecule has 1 aliphatic rings. The summed E-state index contributed by atoms with van der Waals surface area (Å²) in [5.74, 6) is -0.585. The first-order chi connectivity index (χ1) is 6.63. The number of ether oxygens (including phenoxy) is 1. The van der Waals surface area contributed by atoms with E-state index in [1.165, 1.54) is 4.90 Å². The van der Waals surface area contributed by atoms with Crippen LogP contribution in [0.1, 0.15) is 13.8 Å². The van der Waals surface area contributed by atoms with E-state index in [0.717, 1.165) is 0 Å². The van der Waals surface area contributed by atoms with Crippen LogP contribution >= 0.6 is 0 Å². The van der Waals surface area contributed by atoms with E-state index < -0.39 is 6.04 Å². The summed E-state index contributed by atoms with van der Waals surface area (Å²) in [4.78, 5) is 24.2. The molecule has 1 fully saturated rings. The minimum absolute atomic E-state index is 0.0112. The van der Waals surface area contributed by atoms with Crippen LogP contribution in [0.25, 0.3) is 0 Å². The summed E-state index contributed by atoms with van der Waals surface area (Å²) in [5, 5.41) is 0. The zero-order chi connectivity index (χ0) is 10.7. The molecule has 0 aromatic rings. The fourth-order valence-electron chi connectivity index (χ4n) is 1.62. The molecule has 1 aliphatic heterocycles. The molecule has 1 rings (SSSR count). The average Bonchev–Trinajstić information content (AvgIpc) is 2.17. The lowest BCUT2D eigenvalue weighted by molar-refractivity contribution is -0.172. The van der Waals surface area contributed by atoms with E-state index in [2.05, 4.69) is 6.58 Å². The number of esters is 1. The standard InChI is InChI=1S/C10H15NO3/c1-4-6-11-8(7(3)9(11)12)10(13)14-5-2/h4,7-8H,1,5-6H2,2-3H3/t7-,8-/m0/s1. The molecule has 0 spiro atoms. The van der Waals surface area contributed by atoms with Crippen LogP contribution in [0.15, 0.2) is 12.7 Å². The van der Waals surface area contributed by atoms with Gasteiger partial charge in [0.15, 0.2) is 0 Å². The van der Waals surface area contributed by atoms with Crippen LogP contribution in [0.5, 0.6) is 0 Å². The molecule has 2 atom stereocenters. The van der Waals surface area contributed by atoms with Gasteiger partial charge in [0.05, 0.1) is 12.5 Å². The van der Waals surface area contributed by atoms with Crippen LogP contribution in [-0.4, -0.2) is 36.0 Å². The largest absolute Gasteiger partial charge is 0.464 e. The van der Waals surface area contributed by atoms with E-state index in [9.17, 15) is 9.59 Å². The Morgan fingerprint density at radius 1 is 1.71 bits per heavy atom. The Kier molecular flexibility index (Phi) is 3.28. The highest BCUT2D eigenvalue weighted by atomic mass is 16.5. The minimum Gasteiger partial charge on any atom is -0.464 e. The molecule has 4 heteroatoms. The van der Waals surface area contributed by atoms with Gasteiger partial charge in [-0.2, -0.15) is 0 Å². The number of hydrogen-bond donors (Lipinski definition) is 0. The molecule has 1 heterocycles. The highest BCUT2D eigenvalue weighted by Crippen LogP contribution is 2.26. The predicted molar refractivity (Wildman–Crippen MR) is 51.5 cm³/mol. The molecule has 78 valence electrons. The smallest absolute Gasteiger partial charge is 0.329 e. The third-order valence-electron chi connectivity index (χ3n) is 2.34. The quantitative estimate of drug-likeness (QED) is 0.376. The summed E-state index contributed by atoms with van der Waals surface area (Å²) in [7, 11) is 0. The topological polar surface area (TPSA) is 46.6 Å². The monoisotopic (exact) mass is 197 g/mol. The molecule has 1 saturated heterocycles. The third kappa shape index (κ3) is 1.64. The molecule has 0 aromatic heterocycles. The molecule has 0 bridgehead atoms. The molecule has 0 unspecified atom stereocenters. The Balaban J connectivity index is 2.62. The lowest BCUT2D eigenvalue weighted by Gasteiger charge is -2.43. The van der Waals surface area contributed by atoms with Crippen LogP contribution in [0.2, 0.25) is 0 Å². The Bertz CT molecular complexity index is 262. The number of nitrogens with zero attached hydrogens (tertiary/aromatic N) is 1. The van der Waals surface area contributed by atoms with Gasteiger partial charge >= 0.3 is 5.97 Å². The van der Waals surface area contributed by atoms with Crippen molar-refractivity contribution in [1.29, 1.82) is 0 Å².